The second kappa shape index (κ2) is 5.57. The number of hydrogen-bond acceptors (Lipinski definition) is 3. The van der Waals surface area contributed by atoms with Crippen LogP contribution in [0.4, 0.5) is 13.2 Å². The summed E-state index contributed by atoms with van der Waals surface area (Å²) in [7, 11) is -3.82. The van der Waals surface area contributed by atoms with Crippen LogP contribution in [0, 0.1) is 5.92 Å². The van der Waals surface area contributed by atoms with Crippen molar-refractivity contribution in [3.8, 4) is 0 Å². The average Bonchev–Trinajstić information content (AvgIpc) is 3.00. The van der Waals surface area contributed by atoms with Crippen LogP contribution in [0.3, 0.4) is 0 Å². The van der Waals surface area contributed by atoms with Gasteiger partial charge in [-0.2, -0.15) is 17.5 Å². The molecular formula is C11H18F3NO3S. The molecule has 1 heterocycles. The standard InChI is InChI=1S/C11H18F3NO3S/c12-11(13,14)4-6-19(16,17)15-5-3-10(7-15)18-8-9-1-2-9/h9-10H,1-8H2. The molecule has 1 aliphatic heterocycles. The molecule has 2 rings (SSSR count). The molecule has 19 heavy (non-hydrogen) atoms. The van der Waals surface area contributed by atoms with E-state index in [-0.39, 0.29) is 19.2 Å². The fourth-order valence-corrected chi connectivity index (χ4v) is 3.54. The summed E-state index contributed by atoms with van der Waals surface area (Å²) in [5.41, 5.74) is 0. The number of halogens is 3. The number of sulfonamides is 1. The lowest BCUT2D eigenvalue weighted by atomic mass is 10.3. The first-order valence-corrected chi connectivity index (χ1v) is 8.03. The van der Waals surface area contributed by atoms with E-state index in [0.29, 0.717) is 18.9 Å². The Labute approximate surface area is 111 Å². The highest BCUT2D eigenvalue weighted by molar-refractivity contribution is 7.89. The van der Waals surface area contributed by atoms with Crippen molar-refractivity contribution < 1.29 is 26.3 Å². The van der Waals surface area contributed by atoms with Crippen LogP contribution >= 0.6 is 0 Å². The van der Waals surface area contributed by atoms with Crippen molar-refractivity contribution in [2.75, 3.05) is 25.4 Å². The fourth-order valence-electron chi connectivity index (χ4n) is 2.02. The first-order valence-electron chi connectivity index (χ1n) is 6.42. The van der Waals surface area contributed by atoms with E-state index in [1.165, 1.54) is 0 Å². The Bertz CT molecular complexity index is 406. The molecule has 2 aliphatic rings. The van der Waals surface area contributed by atoms with Gasteiger partial charge in [-0.15, -0.1) is 0 Å². The summed E-state index contributed by atoms with van der Waals surface area (Å²) in [4.78, 5) is 0. The van der Waals surface area contributed by atoms with Crippen molar-refractivity contribution in [2.45, 2.75) is 38.0 Å². The van der Waals surface area contributed by atoms with Gasteiger partial charge in [-0.1, -0.05) is 0 Å². The van der Waals surface area contributed by atoms with Crippen LogP contribution in [-0.4, -0.2) is 50.5 Å². The molecule has 1 unspecified atom stereocenters. The summed E-state index contributed by atoms with van der Waals surface area (Å²) in [6.45, 7) is 1.09. The highest BCUT2D eigenvalue weighted by Crippen LogP contribution is 2.30. The average molecular weight is 301 g/mol. The largest absolute Gasteiger partial charge is 0.390 e. The summed E-state index contributed by atoms with van der Waals surface area (Å²) in [5, 5.41) is 0. The normalized spacial score (nSPS) is 25.9. The number of alkyl halides is 3. The smallest absolute Gasteiger partial charge is 0.377 e. The summed E-state index contributed by atoms with van der Waals surface area (Å²) in [6, 6.07) is 0. The van der Waals surface area contributed by atoms with Gasteiger partial charge in [0, 0.05) is 19.7 Å². The summed E-state index contributed by atoms with van der Waals surface area (Å²) in [5.74, 6) is -0.276. The molecule has 0 amide bonds. The predicted molar refractivity (Wildman–Crippen MR) is 63.1 cm³/mol. The monoisotopic (exact) mass is 301 g/mol. The number of rotatable bonds is 6. The summed E-state index contributed by atoms with van der Waals surface area (Å²) < 4.78 is 66.4. The van der Waals surface area contributed by atoms with Crippen LogP contribution in [0.1, 0.15) is 25.7 Å². The first-order chi connectivity index (χ1) is 8.76. The number of nitrogens with zero attached hydrogens (tertiary/aromatic N) is 1. The quantitative estimate of drug-likeness (QED) is 0.751. The predicted octanol–water partition coefficient (Wildman–Crippen LogP) is 1.77. The molecule has 0 radical (unpaired) electrons. The van der Waals surface area contributed by atoms with Gasteiger partial charge in [-0.25, -0.2) is 8.42 Å². The van der Waals surface area contributed by atoms with Gasteiger partial charge in [0.25, 0.3) is 0 Å². The van der Waals surface area contributed by atoms with Crippen LogP contribution in [0.15, 0.2) is 0 Å². The third-order valence-electron chi connectivity index (χ3n) is 3.41. The Hall–Kier alpha value is -0.340. The maximum absolute atomic E-state index is 12.1. The molecule has 112 valence electrons. The molecular weight excluding hydrogens is 283 g/mol. The van der Waals surface area contributed by atoms with Crippen molar-refractivity contribution in [3.05, 3.63) is 0 Å². The van der Waals surface area contributed by atoms with E-state index < -0.39 is 28.4 Å². The molecule has 1 saturated carbocycles. The molecule has 1 atom stereocenters. The Balaban J connectivity index is 1.77. The molecule has 0 aromatic rings. The minimum Gasteiger partial charge on any atom is -0.377 e. The number of hydrogen-bond donors (Lipinski definition) is 0. The Morgan fingerprint density at radius 2 is 1.89 bits per heavy atom. The lowest BCUT2D eigenvalue weighted by Crippen LogP contribution is -2.33. The second-order valence-electron chi connectivity index (χ2n) is 5.23. The maximum atomic E-state index is 12.1. The molecule has 0 aromatic heterocycles. The van der Waals surface area contributed by atoms with Crippen LogP contribution in [0.5, 0.6) is 0 Å². The molecule has 8 heteroatoms. The van der Waals surface area contributed by atoms with Gasteiger partial charge in [-0.05, 0) is 25.2 Å². The molecule has 2 fully saturated rings. The van der Waals surface area contributed by atoms with Crippen molar-refractivity contribution in [1.29, 1.82) is 0 Å². The highest BCUT2D eigenvalue weighted by atomic mass is 32.2. The Kier molecular flexibility index (Phi) is 4.42. The Morgan fingerprint density at radius 1 is 1.21 bits per heavy atom. The van der Waals surface area contributed by atoms with Crippen LogP contribution in [-0.2, 0) is 14.8 Å². The topological polar surface area (TPSA) is 46.6 Å². The van der Waals surface area contributed by atoms with Gasteiger partial charge in [0.15, 0.2) is 0 Å². The van der Waals surface area contributed by atoms with E-state index in [0.717, 1.165) is 17.1 Å². The van der Waals surface area contributed by atoms with Gasteiger partial charge in [0.2, 0.25) is 10.0 Å². The molecule has 1 aliphatic carbocycles. The minimum absolute atomic E-state index is 0.165. The fraction of sp³-hybridized carbons (Fsp3) is 1.00. The molecule has 0 N–H and O–H groups in total. The van der Waals surface area contributed by atoms with Crippen molar-refractivity contribution in [1.82, 2.24) is 4.31 Å². The van der Waals surface area contributed by atoms with Crippen molar-refractivity contribution >= 4 is 10.0 Å². The van der Waals surface area contributed by atoms with Crippen LogP contribution < -0.4 is 0 Å². The zero-order valence-corrected chi connectivity index (χ0v) is 11.3. The molecule has 0 bridgehead atoms. The third kappa shape index (κ3) is 4.92. The SMILES string of the molecule is O=S(=O)(CCC(F)(F)F)N1CCC(OCC2CC2)C1. The van der Waals surface area contributed by atoms with Crippen LogP contribution in [0.25, 0.3) is 0 Å². The minimum atomic E-state index is -4.44. The van der Waals surface area contributed by atoms with Crippen molar-refractivity contribution in [3.63, 3.8) is 0 Å². The molecule has 4 nitrogen and oxygen atoms in total. The van der Waals surface area contributed by atoms with E-state index in [1.807, 2.05) is 0 Å². The summed E-state index contributed by atoms with van der Waals surface area (Å²) in [6.07, 6.45) is -3.02. The highest BCUT2D eigenvalue weighted by Gasteiger charge is 2.36. The van der Waals surface area contributed by atoms with Gasteiger partial charge in [0.1, 0.15) is 0 Å². The van der Waals surface area contributed by atoms with Gasteiger partial charge in [-0.3, -0.25) is 0 Å². The van der Waals surface area contributed by atoms with Gasteiger partial charge in [0.05, 0.1) is 18.3 Å². The van der Waals surface area contributed by atoms with E-state index in [9.17, 15) is 21.6 Å². The zero-order valence-electron chi connectivity index (χ0n) is 10.5. The van der Waals surface area contributed by atoms with E-state index in [4.69, 9.17) is 4.74 Å². The lowest BCUT2D eigenvalue weighted by molar-refractivity contribution is -0.130. The molecule has 0 aromatic carbocycles. The van der Waals surface area contributed by atoms with Gasteiger partial charge < -0.3 is 4.74 Å². The maximum Gasteiger partial charge on any atom is 0.390 e. The van der Waals surface area contributed by atoms with E-state index in [2.05, 4.69) is 0 Å². The molecule has 0 spiro atoms. The lowest BCUT2D eigenvalue weighted by Gasteiger charge is -2.17. The van der Waals surface area contributed by atoms with E-state index >= 15 is 0 Å². The zero-order chi connectivity index (χ0) is 14.1. The van der Waals surface area contributed by atoms with Crippen LogP contribution in [0.2, 0.25) is 0 Å². The summed E-state index contributed by atoms with van der Waals surface area (Å²) >= 11 is 0. The second-order valence-corrected chi connectivity index (χ2v) is 7.32. The first kappa shape index (κ1) is 15.1. The molecule has 1 saturated heterocycles. The third-order valence-corrected chi connectivity index (χ3v) is 5.25. The number of ether oxygens (including phenoxy) is 1. The Morgan fingerprint density at radius 3 is 2.47 bits per heavy atom. The van der Waals surface area contributed by atoms with Crippen molar-refractivity contribution in [2.24, 2.45) is 5.92 Å². The van der Waals surface area contributed by atoms with Gasteiger partial charge >= 0.3 is 6.18 Å². The van der Waals surface area contributed by atoms with E-state index in [1.54, 1.807) is 0 Å².